The molecule has 0 aromatic rings. The molecule has 0 bridgehead atoms. The number of phosphoric ester groups is 1. The van der Waals surface area contributed by atoms with Crippen molar-refractivity contribution in [3.05, 3.63) is 0 Å². The van der Waals surface area contributed by atoms with Gasteiger partial charge in [0.25, 0.3) is 0 Å². The van der Waals surface area contributed by atoms with E-state index in [0.29, 0.717) is 24.2 Å². The molecule has 0 radical (unpaired) electrons. The molecule has 1 N–H and O–H groups in total. The molecule has 1 fully saturated rings. The summed E-state index contributed by atoms with van der Waals surface area (Å²) in [5.74, 6) is -0.243. The van der Waals surface area contributed by atoms with E-state index in [9.17, 15) is 14.3 Å². The molecule has 8 heteroatoms. The number of phosphoric acid groups is 1. The van der Waals surface area contributed by atoms with E-state index >= 15 is 0 Å². The van der Waals surface area contributed by atoms with Gasteiger partial charge in [0.15, 0.2) is 0 Å². The number of hydrogen-bond donors (Lipinski definition) is 1. The van der Waals surface area contributed by atoms with E-state index in [4.69, 9.17) is 13.8 Å². The Morgan fingerprint density at radius 3 is 1.91 bits per heavy atom. The number of likely N-dealkylation sites (N-methyl/N-ethyl adjacent to an activating group) is 1. The summed E-state index contributed by atoms with van der Waals surface area (Å²) in [7, 11) is -1.96. The van der Waals surface area contributed by atoms with Crippen LogP contribution in [-0.2, 0) is 23.1 Å². The largest absolute Gasteiger partial charge is 0.472 e. The first-order valence-electron chi connectivity index (χ1n) is 14.4. The average molecular weight is 521 g/mol. The number of carbonyl (C=O) groups excluding carboxylic acids is 1. The van der Waals surface area contributed by atoms with Crippen LogP contribution in [0.4, 0.5) is 0 Å². The molecule has 3 unspecified atom stereocenters. The maximum atomic E-state index is 12.2. The first-order chi connectivity index (χ1) is 16.8. The minimum absolute atomic E-state index is 0.105. The van der Waals surface area contributed by atoms with Gasteiger partial charge in [-0.05, 0) is 26.2 Å². The van der Waals surface area contributed by atoms with Gasteiger partial charge in [0.05, 0.1) is 33.4 Å². The molecule has 0 saturated carbocycles. The first-order valence-corrected chi connectivity index (χ1v) is 15.9. The van der Waals surface area contributed by atoms with Crippen LogP contribution >= 0.6 is 7.82 Å². The summed E-state index contributed by atoms with van der Waals surface area (Å²) in [6.45, 7) is 7.04. The Labute approximate surface area is 215 Å². The van der Waals surface area contributed by atoms with Gasteiger partial charge in [-0.3, -0.25) is 13.8 Å². The molecule has 1 aliphatic rings. The molecule has 208 valence electrons. The Morgan fingerprint density at radius 1 is 0.857 bits per heavy atom. The standard InChI is InChI=1S/C27H54NO6P/c1-4-6-7-8-9-10-11-12-13-14-15-16-17-18-23-33-35(30,31)34-24-22-28(3)21-19-20-26(25-28)27(29)32-5-2/h26H,4-25H2,1-3H3/p+1. The van der Waals surface area contributed by atoms with E-state index in [0.717, 1.165) is 38.6 Å². The minimum Gasteiger partial charge on any atom is -0.466 e. The van der Waals surface area contributed by atoms with Gasteiger partial charge in [0, 0.05) is 0 Å². The van der Waals surface area contributed by atoms with Crippen LogP contribution in [0.5, 0.6) is 0 Å². The van der Waals surface area contributed by atoms with E-state index in [2.05, 4.69) is 14.0 Å². The van der Waals surface area contributed by atoms with Crippen molar-refractivity contribution in [2.75, 3.05) is 46.5 Å². The van der Waals surface area contributed by atoms with Crippen LogP contribution in [0.2, 0.25) is 0 Å². The van der Waals surface area contributed by atoms with Crippen LogP contribution in [-0.4, -0.2) is 61.8 Å². The number of hydrogen-bond acceptors (Lipinski definition) is 5. The van der Waals surface area contributed by atoms with Gasteiger partial charge in [0.2, 0.25) is 0 Å². The van der Waals surface area contributed by atoms with Gasteiger partial charge in [-0.1, -0.05) is 90.4 Å². The Kier molecular flexibility index (Phi) is 18.3. The molecule has 0 aromatic heterocycles. The zero-order valence-corrected chi connectivity index (χ0v) is 23.9. The molecule has 1 rings (SSSR count). The van der Waals surface area contributed by atoms with Gasteiger partial charge < -0.3 is 14.1 Å². The zero-order valence-electron chi connectivity index (χ0n) is 23.0. The molecule has 3 atom stereocenters. The average Bonchev–Trinajstić information content (AvgIpc) is 2.81. The van der Waals surface area contributed by atoms with Crippen molar-refractivity contribution in [3.8, 4) is 0 Å². The SMILES string of the molecule is CCCCCCCCCCCCCCCCOP(=O)(O)OCC[N+]1(C)CCCC(C(=O)OCC)C1. The predicted octanol–water partition coefficient (Wildman–Crippen LogP) is 7.02. The number of piperidine rings is 1. The van der Waals surface area contributed by atoms with Gasteiger partial charge in [-0.2, -0.15) is 0 Å². The topological polar surface area (TPSA) is 82.1 Å². The van der Waals surface area contributed by atoms with Crippen molar-refractivity contribution in [2.45, 2.75) is 117 Å². The second-order valence-corrected chi connectivity index (χ2v) is 12.0. The second kappa shape index (κ2) is 19.6. The van der Waals surface area contributed by atoms with Crippen LogP contribution in [0, 0.1) is 5.92 Å². The molecule has 0 aromatic carbocycles. The normalized spacial score (nSPS) is 22.1. The maximum absolute atomic E-state index is 12.2. The Bertz CT molecular complexity index is 590. The highest BCUT2D eigenvalue weighted by Gasteiger charge is 2.36. The second-order valence-electron chi connectivity index (χ2n) is 10.6. The van der Waals surface area contributed by atoms with E-state index in [1.54, 1.807) is 0 Å². The lowest BCUT2D eigenvalue weighted by molar-refractivity contribution is -0.916. The summed E-state index contributed by atoms with van der Waals surface area (Å²) in [4.78, 5) is 22.0. The summed E-state index contributed by atoms with van der Waals surface area (Å²) in [5, 5.41) is 0. The number of rotatable bonds is 22. The van der Waals surface area contributed by atoms with Crippen LogP contribution in [0.15, 0.2) is 0 Å². The number of carbonyl (C=O) groups is 1. The fourth-order valence-corrected chi connectivity index (χ4v) is 5.73. The molecule has 35 heavy (non-hydrogen) atoms. The Hall–Kier alpha value is -0.460. The van der Waals surface area contributed by atoms with Crippen LogP contribution in [0.1, 0.15) is 117 Å². The molecular formula is C27H55NO6P+. The van der Waals surface area contributed by atoms with Gasteiger partial charge in [-0.15, -0.1) is 0 Å². The lowest BCUT2D eigenvalue weighted by atomic mass is 9.96. The molecule has 0 spiro atoms. The molecule has 1 aliphatic heterocycles. The van der Waals surface area contributed by atoms with Crippen molar-refractivity contribution in [1.29, 1.82) is 0 Å². The third-order valence-corrected chi connectivity index (χ3v) is 8.19. The molecule has 0 aliphatic carbocycles. The van der Waals surface area contributed by atoms with Crippen LogP contribution in [0.25, 0.3) is 0 Å². The van der Waals surface area contributed by atoms with Gasteiger partial charge in [0.1, 0.15) is 19.1 Å². The van der Waals surface area contributed by atoms with Crippen LogP contribution < -0.4 is 0 Å². The number of nitrogens with zero attached hydrogens (tertiary/aromatic N) is 1. The highest BCUT2D eigenvalue weighted by atomic mass is 31.2. The summed E-state index contributed by atoms with van der Waals surface area (Å²) in [5.41, 5.74) is 0. The highest BCUT2D eigenvalue weighted by Crippen LogP contribution is 2.43. The van der Waals surface area contributed by atoms with E-state index in [-0.39, 0.29) is 25.1 Å². The van der Waals surface area contributed by atoms with Gasteiger partial charge >= 0.3 is 13.8 Å². The third-order valence-electron chi connectivity index (χ3n) is 7.17. The number of likely N-dealkylation sites (tertiary alicyclic amines) is 1. The minimum atomic E-state index is -4.02. The molecule has 0 amide bonds. The number of unbranched alkanes of at least 4 members (excludes halogenated alkanes) is 13. The molecule has 1 saturated heterocycles. The number of esters is 1. The molecule has 1 heterocycles. The van der Waals surface area contributed by atoms with Crippen molar-refractivity contribution in [2.24, 2.45) is 5.92 Å². The van der Waals surface area contributed by atoms with Gasteiger partial charge in [-0.25, -0.2) is 4.57 Å². The lowest BCUT2D eigenvalue weighted by Gasteiger charge is -2.40. The van der Waals surface area contributed by atoms with Crippen molar-refractivity contribution >= 4 is 13.8 Å². The third kappa shape index (κ3) is 16.8. The summed E-state index contributed by atoms with van der Waals surface area (Å²) in [6, 6.07) is 0. The van der Waals surface area contributed by atoms with E-state index < -0.39 is 7.82 Å². The monoisotopic (exact) mass is 520 g/mol. The summed E-state index contributed by atoms with van der Waals surface area (Å²) < 4.78 is 28.4. The van der Waals surface area contributed by atoms with E-state index in [1.165, 1.54) is 70.6 Å². The quantitative estimate of drug-likeness (QED) is 0.0715. The maximum Gasteiger partial charge on any atom is 0.472 e. The van der Waals surface area contributed by atoms with E-state index in [1.807, 2.05) is 6.92 Å². The predicted molar refractivity (Wildman–Crippen MR) is 142 cm³/mol. The summed E-state index contributed by atoms with van der Waals surface area (Å²) in [6.07, 6.45) is 19.6. The fraction of sp³-hybridized carbons (Fsp3) is 0.963. The molecular weight excluding hydrogens is 465 g/mol. The van der Waals surface area contributed by atoms with Crippen LogP contribution in [0.3, 0.4) is 0 Å². The zero-order chi connectivity index (χ0) is 25.8. The smallest absolute Gasteiger partial charge is 0.466 e. The Balaban J connectivity index is 2.00. The lowest BCUT2D eigenvalue weighted by Crippen LogP contribution is -2.54. The first kappa shape index (κ1) is 32.6. The van der Waals surface area contributed by atoms with Crippen molar-refractivity contribution in [1.82, 2.24) is 0 Å². The Morgan fingerprint density at radius 2 is 1.37 bits per heavy atom. The molecule has 7 nitrogen and oxygen atoms in total. The van der Waals surface area contributed by atoms with Crippen molar-refractivity contribution < 1.29 is 32.5 Å². The number of quaternary nitrogens is 1. The fourth-order valence-electron chi connectivity index (χ4n) is 4.98. The van der Waals surface area contributed by atoms with Crippen molar-refractivity contribution in [3.63, 3.8) is 0 Å². The number of ether oxygens (including phenoxy) is 1. The highest BCUT2D eigenvalue weighted by molar-refractivity contribution is 7.47. The summed E-state index contributed by atoms with van der Waals surface area (Å²) >= 11 is 0.